The number of nitrogens with zero attached hydrogens (tertiary/aromatic N) is 4. The average molecular weight is 458 g/mol. The van der Waals surface area contributed by atoms with Crippen LogP contribution in [0.2, 0.25) is 0 Å². The minimum absolute atomic E-state index is 0.122. The third-order valence-electron chi connectivity index (χ3n) is 7.27. The molecule has 1 fully saturated rings. The van der Waals surface area contributed by atoms with E-state index in [0.29, 0.717) is 19.4 Å². The zero-order valence-electron chi connectivity index (χ0n) is 20.3. The third kappa shape index (κ3) is 3.70. The number of urea groups is 1. The van der Waals surface area contributed by atoms with Crippen molar-refractivity contribution in [2.24, 2.45) is 0 Å². The summed E-state index contributed by atoms with van der Waals surface area (Å²) in [5.74, 6) is -0.122. The van der Waals surface area contributed by atoms with Crippen LogP contribution in [0.25, 0.3) is 5.69 Å². The first-order chi connectivity index (χ1) is 16.3. The Balaban J connectivity index is 1.32. The predicted molar refractivity (Wildman–Crippen MR) is 131 cm³/mol. The number of carbonyl (C=O) groups is 2. The van der Waals surface area contributed by atoms with Gasteiger partial charge in [0.05, 0.1) is 18.1 Å². The molecule has 1 aliphatic heterocycles. The van der Waals surface area contributed by atoms with Gasteiger partial charge in [0, 0.05) is 24.2 Å². The molecule has 1 N–H and O–H groups in total. The van der Waals surface area contributed by atoms with E-state index < -0.39 is 5.54 Å². The molecule has 3 aromatic rings. The van der Waals surface area contributed by atoms with Gasteiger partial charge in [-0.15, -0.1) is 0 Å². The first-order valence-corrected chi connectivity index (χ1v) is 11.8. The number of benzene rings is 2. The van der Waals surface area contributed by atoms with Gasteiger partial charge in [0.15, 0.2) is 0 Å². The highest BCUT2D eigenvalue weighted by Crippen LogP contribution is 2.33. The molecule has 1 spiro atoms. The van der Waals surface area contributed by atoms with Crippen LogP contribution in [0.1, 0.15) is 40.1 Å². The summed E-state index contributed by atoms with van der Waals surface area (Å²) < 4.78 is 1.98. The number of rotatable bonds is 5. The standard InChI is InChI=1S/C27H31N5O2/c1-18-9-5-8-12-24(18)32-20(3)23(19(2)29-32)16-30(4)17-31-25(33)27(28-26(31)34)14-13-21-10-6-7-11-22(21)15-27/h5-12H,13-17H2,1-4H3,(H,28,34). The smallest absolute Gasteiger partial charge is 0.323 e. The van der Waals surface area contributed by atoms with Gasteiger partial charge in [-0.2, -0.15) is 5.10 Å². The molecule has 0 saturated carbocycles. The minimum Gasteiger partial charge on any atom is -0.323 e. The molecule has 7 nitrogen and oxygen atoms in total. The molecular weight excluding hydrogens is 426 g/mol. The molecule has 2 heterocycles. The lowest BCUT2D eigenvalue weighted by Crippen LogP contribution is -2.51. The molecule has 1 saturated heterocycles. The third-order valence-corrected chi connectivity index (χ3v) is 7.27. The maximum absolute atomic E-state index is 13.5. The van der Waals surface area contributed by atoms with Crippen molar-refractivity contribution in [3.05, 3.63) is 82.2 Å². The fourth-order valence-corrected chi connectivity index (χ4v) is 5.33. The van der Waals surface area contributed by atoms with Gasteiger partial charge in [-0.1, -0.05) is 42.5 Å². The summed E-state index contributed by atoms with van der Waals surface area (Å²) in [5, 5.41) is 7.80. The Morgan fingerprint density at radius 2 is 1.74 bits per heavy atom. The maximum atomic E-state index is 13.5. The molecule has 176 valence electrons. The summed E-state index contributed by atoms with van der Waals surface area (Å²) in [5.41, 5.74) is 6.93. The molecule has 1 aliphatic carbocycles. The lowest BCUT2D eigenvalue weighted by Gasteiger charge is -2.32. The van der Waals surface area contributed by atoms with Crippen LogP contribution >= 0.6 is 0 Å². The van der Waals surface area contributed by atoms with Gasteiger partial charge in [0.2, 0.25) is 0 Å². The number of amides is 3. The van der Waals surface area contributed by atoms with E-state index in [0.717, 1.165) is 40.2 Å². The molecule has 7 heteroatoms. The van der Waals surface area contributed by atoms with Gasteiger partial charge in [0.25, 0.3) is 5.91 Å². The summed E-state index contributed by atoms with van der Waals surface area (Å²) in [6, 6.07) is 16.1. The summed E-state index contributed by atoms with van der Waals surface area (Å²) in [6.07, 6.45) is 1.98. The molecule has 1 unspecified atom stereocenters. The van der Waals surface area contributed by atoms with Crippen LogP contribution < -0.4 is 5.32 Å². The highest BCUT2D eigenvalue weighted by Gasteiger charge is 2.52. The van der Waals surface area contributed by atoms with Crippen molar-refractivity contribution in [3.63, 3.8) is 0 Å². The molecule has 2 aliphatic rings. The monoisotopic (exact) mass is 457 g/mol. The van der Waals surface area contributed by atoms with Gasteiger partial charge in [-0.3, -0.25) is 9.69 Å². The number of aromatic nitrogens is 2. The van der Waals surface area contributed by atoms with E-state index in [-0.39, 0.29) is 18.6 Å². The SMILES string of the molecule is Cc1ccccc1-n1nc(C)c(CN(C)CN2C(=O)NC3(CCc4ccccc4C3)C2=O)c1C. The summed E-state index contributed by atoms with van der Waals surface area (Å²) in [4.78, 5) is 29.7. The number of fused-ring (bicyclic) bond motifs is 1. The van der Waals surface area contributed by atoms with Gasteiger partial charge in [-0.25, -0.2) is 14.4 Å². The summed E-state index contributed by atoms with van der Waals surface area (Å²) >= 11 is 0. The van der Waals surface area contributed by atoms with Crippen molar-refractivity contribution < 1.29 is 9.59 Å². The first-order valence-electron chi connectivity index (χ1n) is 11.8. The minimum atomic E-state index is -0.826. The Bertz CT molecular complexity index is 1280. The van der Waals surface area contributed by atoms with E-state index >= 15 is 0 Å². The zero-order valence-corrected chi connectivity index (χ0v) is 20.3. The Labute approximate surface area is 200 Å². The topological polar surface area (TPSA) is 70.5 Å². The summed E-state index contributed by atoms with van der Waals surface area (Å²) in [7, 11) is 1.94. The van der Waals surface area contributed by atoms with Gasteiger partial charge < -0.3 is 5.32 Å². The van der Waals surface area contributed by atoms with Crippen molar-refractivity contribution in [1.29, 1.82) is 0 Å². The Morgan fingerprint density at radius 1 is 1.03 bits per heavy atom. The molecule has 5 rings (SSSR count). The zero-order chi connectivity index (χ0) is 24.0. The van der Waals surface area contributed by atoms with Gasteiger partial charge >= 0.3 is 6.03 Å². The van der Waals surface area contributed by atoms with Crippen molar-refractivity contribution in [2.45, 2.75) is 52.1 Å². The van der Waals surface area contributed by atoms with Crippen LogP contribution in [0, 0.1) is 20.8 Å². The van der Waals surface area contributed by atoms with E-state index in [1.165, 1.54) is 10.5 Å². The number of aryl methyl sites for hydroxylation is 3. The van der Waals surface area contributed by atoms with Crippen LogP contribution in [0.5, 0.6) is 0 Å². The summed E-state index contributed by atoms with van der Waals surface area (Å²) in [6.45, 7) is 6.98. The number of carbonyl (C=O) groups excluding carboxylic acids is 2. The number of hydrogen-bond donors (Lipinski definition) is 1. The van der Waals surface area contributed by atoms with Crippen molar-refractivity contribution >= 4 is 11.9 Å². The lowest BCUT2D eigenvalue weighted by molar-refractivity contribution is -0.133. The second-order valence-corrected chi connectivity index (χ2v) is 9.69. The second-order valence-electron chi connectivity index (χ2n) is 9.69. The normalized spacial score (nSPS) is 19.7. The molecule has 3 amide bonds. The van der Waals surface area contributed by atoms with E-state index in [2.05, 4.69) is 43.4 Å². The second kappa shape index (κ2) is 8.40. The maximum Gasteiger partial charge on any atom is 0.326 e. The Hall–Kier alpha value is -3.45. The molecule has 0 radical (unpaired) electrons. The molecular formula is C27H31N5O2. The molecule has 2 aromatic carbocycles. The van der Waals surface area contributed by atoms with Crippen molar-refractivity contribution in [2.75, 3.05) is 13.7 Å². The predicted octanol–water partition coefficient (Wildman–Crippen LogP) is 3.67. The number of hydrogen-bond acceptors (Lipinski definition) is 4. The largest absolute Gasteiger partial charge is 0.326 e. The highest BCUT2D eigenvalue weighted by atomic mass is 16.2. The van der Waals surface area contributed by atoms with E-state index in [9.17, 15) is 9.59 Å². The lowest BCUT2D eigenvalue weighted by atomic mass is 9.78. The fraction of sp³-hybridized carbons (Fsp3) is 0.370. The van der Waals surface area contributed by atoms with E-state index in [4.69, 9.17) is 5.10 Å². The van der Waals surface area contributed by atoms with Crippen molar-refractivity contribution in [3.8, 4) is 5.69 Å². The van der Waals surface area contributed by atoms with Gasteiger partial charge in [0.1, 0.15) is 5.54 Å². The van der Waals surface area contributed by atoms with E-state index in [1.807, 2.05) is 47.8 Å². The van der Waals surface area contributed by atoms with Gasteiger partial charge in [-0.05, 0) is 63.4 Å². The first kappa shape index (κ1) is 22.3. The molecule has 34 heavy (non-hydrogen) atoms. The van der Waals surface area contributed by atoms with Crippen LogP contribution in [0.3, 0.4) is 0 Å². The number of nitrogens with one attached hydrogen (secondary N) is 1. The quantitative estimate of drug-likeness (QED) is 0.594. The number of para-hydroxylation sites is 1. The number of imide groups is 1. The van der Waals surface area contributed by atoms with Crippen molar-refractivity contribution in [1.82, 2.24) is 24.9 Å². The molecule has 0 bridgehead atoms. The van der Waals surface area contributed by atoms with Crippen LogP contribution in [0.15, 0.2) is 48.5 Å². The van der Waals surface area contributed by atoms with E-state index in [1.54, 1.807) is 0 Å². The van der Waals surface area contributed by atoms with Crippen LogP contribution in [0.4, 0.5) is 4.79 Å². The van der Waals surface area contributed by atoms with Crippen LogP contribution in [-0.2, 0) is 24.2 Å². The Morgan fingerprint density at radius 3 is 2.50 bits per heavy atom. The molecule has 1 atom stereocenters. The Kier molecular flexibility index (Phi) is 5.52. The molecule has 1 aromatic heterocycles. The average Bonchev–Trinajstić information content (AvgIpc) is 3.21. The van der Waals surface area contributed by atoms with Crippen LogP contribution in [-0.4, -0.2) is 50.8 Å². The fourth-order valence-electron chi connectivity index (χ4n) is 5.33. The highest BCUT2D eigenvalue weighted by molar-refractivity contribution is 6.07.